The highest BCUT2D eigenvalue weighted by Crippen LogP contribution is 2.39. The quantitative estimate of drug-likeness (QED) is 0.117. The predicted molar refractivity (Wildman–Crippen MR) is 245 cm³/mol. The molecule has 0 spiro atoms. The van der Waals surface area contributed by atoms with E-state index in [2.05, 4.69) is 117 Å². The molecule has 0 aliphatic carbocycles. The number of nitrogens with zero attached hydrogens (tertiary/aromatic N) is 3. The topological polar surface area (TPSA) is 76.2 Å². The minimum absolute atomic E-state index is 0.287. The summed E-state index contributed by atoms with van der Waals surface area (Å²) in [6.45, 7) is 8.81. The first kappa shape index (κ1) is 36.5. The van der Waals surface area contributed by atoms with E-state index in [-0.39, 0.29) is 6.04 Å². The predicted octanol–water partition coefficient (Wildman–Crippen LogP) is 13.2. The van der Waals surface area contributed by atoms with Crippen LogP contribution in [0.1, 0.15) is 51.2 Å². The maximum Gasteiger partial charge on any atom is 0.157 e. The zero-order valence-electron chi connectivity index (χ0n) is 32.3. The number of hydrogen-bond donors (Lipinski definition) is 1. The Kier molecular flexibility index (Phi) is 9.92. The summed E-state index contributed by atoms with van der Waals surface area (Å²) in [5, 5.41) is 3.21. The van der Waals surface area contributed by atoms with Gasteiger partial charge in [-0.2, -0.15) is 0 Å². The highest BCUT2D eigenvalue weighted by atomic mass is 32.1. The van der Waals surface area contributed by atoms with Gasteiger partial charge in [-0.15, -0.1) is 11.3 Å². The average Bonchev–Trinajstić information content (AvgIpc) is 3.83. The molecule has 280 valence electrons. The summed E-state index contributed by atoms with van der Waals surface area (Å²) >= 11 is 1.76. The van der Waals surface area contributed by atoms with Gasteiger partial charge >= 0.3 is 0 Å². The molecule has 0 saturated carbocycles. The number of aliphatic imine (C=N–C) groups is 3. The van der Waals surface area contributed by atoms with E-state index >= 15 is 0 Å². The monoisotopic (exact) mass is 768 g/mol. The lowest BCUT2D eigenvalue weighted by Gasteiger charge is -2.12. The van der Waals surface area contributed by atoms with Gasteiger partial charge in [0.1, 0.15) is 17.0 Å². The highest BCUT2D eigenvalue weighted by Gasteiger charge is 2.21. The van der Waals surface area contributed by atoms with Crippen molar-refractivity contribution in [2.75, 3.05) is 0 Å². The van der Waals surface area contributed by atoms with Crippen LogP contribution in [0, 0.1) is 6.92 Å². The fourth-order valence-electron chi connectivity index (χ4n) is 7.50. The van der Waals surface area contributed by atoms with Crippen molar-refractivity contribution in [3.63, 3.8) is 0 Å². The van der Waals surface area contributed by atoms with Gasteiger partial charge in [0.15, 0.2) is 5.84 Å². The summed E-state index contributed by atoms with van der Waals surface area (Å²) in [6, 6.07) is 59.4. The van der Waals surface area contributed by atoms with Crippen LogP contribution < -0.4 is 5.73 Å². The van der Waals surface area contributed by atoms with Crippen LogP contribution in [0.2, 0.25) is 0 Å². The second kappa shape index (κ2) is 15.8. The van der Waals surface area contributed by atoms with E-state index in [4.69, 9.17) is 25.1 Å². The minimum atomic E-state index is -0.287. The molecule has 9 rings (SSSR count). The molecule has 2 N–H and O–H groups in total. The van der Waals surface area contributed by atoms with Gasteiger partial charge in [-0.1, -0.05) is 146 Å². The van der Waals surface area contributed by atoms with E-state index in [1.54, 1.807) is 11.3 Å². The van der Waals surface area contributed by atoms with Crippen molar-refractivity contribution in [1.82, 2.24) is 0 Å². The smallest absolute Gasteiger partial charge is 0.157 e. The number of nitrogens with two attached hydrogens (primary N) is 1. The average molecular weight is 769 g/mol. The number of amidine groups is 2. The van der Waals surface area contributed by atoms with Gasteiger partial charge in [-0.3, -0.25) is 4.99 Å². The second-order valence-corrected chi connectivity index (χ2v) is 15.3. The Hall–Kier alpha value is -7.15. The number of thiophene rings is 1. The molecule has 1 unspecified atom stereocenters. The molecule has 0 saturated heterocycles. The van der Waals surface area contributed by atoms with Crippen LogP contribution in [0.3, 0.4) is 0 Å². The summed E-state index contributed by atoms with van der Waals surface area (Å²) in [7, 11) is 0. The highest BCUT2D eigenvalue weighted by molar-refractivity contribution is 7.21. The molecule has 58 heavy (non-hydrogen) atoms. The largest absolute Gasteiger partial charge is 0.456 e. The standard InChI is InChI=1S/C52H40N4OS/c1-33-42-25-13-14-28-47(42)58-50(33)49(54-34(2)39-23-15-24-40(31-39)36-17-7-4-8-18-36)41-29-30-45-44(32-41)48-43(26-16-27-46(48)57-45)35(3)55-52(38-21-11-6-12-22-38)56-51(53)37-19-9-5-10-20-37/h4-32,35H,2H2,1,3H3,(H2,53,55,56). The van der Waals surface area contributed by atoms with Crippen molar-refractivity contribution in [2.24, 2.45) is 20.7 Å². The molecule has 0 aliphatic heterocycles. The Morgan fingerprint density at radius 1 is 0.603 bits per heavy atom. The van der Waals surface area contributed by atoms with Crippen LogP contribution in [0.25, 0.3) is 48.8 Å². The summed E-state index contributed by atoms with van der Waals surface area (Å²) in [5.41, 5.74) is 17.8. The molecule has 6 heteroatoms. The number of furan rings is 1. The van der Waals surface area contributed by atoms with Gasteiger partial charge in [-0.25, -0.2) is 9.98 Å². The van der Waals surface area contributed by atoms with Crippen molar-refractivity contribution >= 4 is 66.4 Å². The van der Waals surface area contributed by atoms with Crippen molar-refractivity contribution < 1.29 is 4.42 Å². The third-order valence-corrected chi connectivity index (χ3v) is 11.8. The third kappa shape index (κ3) is 7.18. The molecule has 2 heterocycles. The Morgan fingerprint density at radius 3 is 2.02 bits per heavy atom. The van der Waals surface area contributed by atoms with E-state index in [1.165, 1.54) is 15.6 Å². The molecule has 0 bridgehead atoms. The van der Waals surface area contributed by atoms with Crippen molar-refractivity contribution in [1.29, 1.82) is 0 Å². The lowest BCUT2D eigenvalue weighted by molar-refractivity contribution is 0.668. The number of fused-ring (bicyclic) bond motifs is 4. The molecular formula is C52H40N4OS. The van der Waals surface area contributed by atoms with E-state index in [0.29, 0.717) is 17.4 Å². The summed E-state index contributed by atoms with van der Waals surface area (Å²) in [4.78, 5) is 16.6. The number of rotatable bonds is 9. The van der Waals surface area contributed by atoms with Gasteiger partial charge in [0.05, 0.1) is 22.3 Å². The van der Waals surface area contributed by atoms with E-state index < -0.39 is 0 Å². The van der Waals surface area contributed by atoms with E-state index in [1.807, 2.05) is 78.9 Å². The number of hydrogen-bond acceptors (Lipinski definition) is 4. The first-order valence-electron chi connectivity index (χ1n) is 19.3. The van der Waals surface area contributed by atoms with Gasteiger partial charge in [0.25, 0.3) is 0 Å². The molecule has 1 atom stereocenters. The molecular weight excluding hydrogens is 729 g/mol. The maximum absolute atomic E-state index is 6.57. The van der Waals surface area contributed by atoms with Crippen LogP contribution in [-0.2, 0) is 0 Å². The Bertz CT molecular complexity index is 3050. The van der Waals surface area contributed by atoms with Crippen LogP contribution in [0.5, 0.6) is 0 Å². The Balaban J connectivity index is 1.18. The van der Waals surface area contributed by atoms with Crippen molar-refractivity contribution in [3.8, 4) is 11.1 Å². The fraction of sp³-hybridized carbons (Fsp3) is 0.0577. The molecule has 0 fully saturated rings. The Morgan fingerprint density at radius 2 is 1.26 bits per heavy atom. The third-order valence-electron chi connectivity index (χ3n) is 10.5. The molecule has 5 nitrogen and oxygen atoms in total. The van der Waals surface area contributed by atoms with Crippen LogP contribution in [-0.4, -0.2) is 17.4 Å². The molecule has 7 aromatic carbocycles. The van der Waals surface area contributed by atoms with Crippen molar-refractivity contribution in [2.45, 2.75) is 19.9 Å². The molecule has 0 amide bonds. The summed E-state index contributed by atoms with van der Waals surface area (Å²) < 4.78 is 7.74. The first-order valence-corrected chi connectivity index (χ1v) is 20.1. The summed E-state index contributed by atoms with van der Waals surface area (Å²) in [6.07, 6.45) is 0. The van der Waals surface area contributed by atoms with Gasteiger partial charge < -0.3 is 10.2 Å². The van der Waals surface area contributed by atoms with Gasteiger partial charge in [0, 0.05) is 37.7 Å². The van der Waals surface area contributed by atoms with Crippen LogP contribution in [0.4, 0.5) is 0 Å². The van der Waals surface area contributed by atoms with E-state index in [9.17, 15) is 0 Å². The molecule has 9 aromatic rings. The zero-order valence-corrected chi connectivity index (χ0v) is 33.1. The van der Waals surface area contributed by atoms with Crippen LogP contribution in [0.15, 0.2) is 202 Å². The normalized spacial score (nSPS) is 13.0. The number of benzene rings is 7. The fourth-order valence-corrected chi connectivity index (χ4v) is 8.72. The van der Waals surface area contributed by atoms with Gasteiger partial charge in [-0.05, 0) is 77.9 Å². The maximum atomic E-state index is 6.57. The lowest BCUT2D eigenvalue weighted by atomic mass is 9.98. The van der Waals surface area contributed by atoms with Crippen LogP contribution >= 0.6 is 11.3 Å². The molecule has 0 radical (unpaired) electrons. The van der Waals surface area contributed by atoms with E-state index in [0.717, 1.165) is 71.5 Å². The van der Waals surface area contributed by atoms with Gasteiger partial charge in [0.2, 0.25) is 0 Å². The van der Waals surface area contributed by atoms with Crippen molar-refractivity contribution in [3.05, 3.63) is 221 Å². The lowest BCUT2D eigenvalue weighted by Crippen LogP contribution is -2.16. The second-order valence-electron chi connectivity index (χ2n) is 14.3. The zero-order chi connectivity index (χ0) is 39.6. The molecule has 0 aliphatic rings. The molecule has 2 aromatic heterocycles. The SMILES string of the molecule is C=C(N=C(c1ccc2oc3cccc(C(C)N=C(N=C(N)c4ccccc4)c4ccccc4)c3c2c1)c1sc2ccccc2c1C)c1cccc(-c2ccccc2)c1. The Labute approximate surface area is 341 Å². The number of aryl methyl sites for hydroxylation is 1. The summed E-state index contributed by atoms with van der Waals surface area (Å²) in [5.74, 6) is 0.966. The first-order chi connectivity index (χ1) is 28.4. The minimum Gasteiger partial charge on any atom is -0.456 e.